The average molecular weight is 275 g/mol. The first kappa shape index (κ1) is 11.4. The molecule has 0 heterocycles. The number of carbonyl (C=O) groups is 1. The van der Waals surface area contributed by atoms with Crippen molar-refractivity contribution in [2.24, 2.45) is 10.8 Å². The van der Waals surface area contributed by atoms with Gasteiger partial charge in [-0.05, 0) is 50.9 Å². The van der Waals surface area contributed by atoms with Crippen LogP contribution in [0.3, 0.4) is 0 Å². The fraction of sp³-hybridized carbons (Fsp3) is 0.917. The summed E-state index contributed by atoms with van der Waals surface area (Å²) in [6.07, 6.45) is 6.69. The molecule has 3 saturated carbocycles. The number of alkyl halides is 1. The minimum atomic E-state index is -0.111. The Morgan fingerprint density at radius 2 is 1.73 bits per heavy atom. The number of rotatable bonds is 3. The van der Waals surface area contributed by atoms with Crippen LogP contribution in [0.1, 0.15) is 45.4 Å². The van der Waals surface area contributed by atoms with Crippen molar-refractivity contribution < 1.29 is 9.53 Å². The molecular formula is C12H19BrO2. The van der Waals surface area contributed by atoms with E-state index in [0.717, 1.165) is 24.6 Å². The third-order valence-corrected chi connectivity index (χ3v) is 5.58. The predicted molar refractivity (Wildman–Crippen MR) is 63.0 cm³/mol. The molecule has 3 aliphatic rings. The molecule has 0 radical (unpaired) electrons. The molecule has 0 aliphatic heterocycles. The second kappa shape index (κ2) is 4.08. The van der Waals surface area contributed by atoms with Gasteiger partial charge in [-0.2, -0.15) is 0 Å². The van der Waals surface area contributed by atoms with Crippen molar-refractivity contribution >= 4 is 21.9 Å². The molecule has 0 aromatic heterocycles. The van der Waals surface area contributed by atoms with E-state index in [2.05, 4.69) is 15.9 Å². The van der Waals surface area contributed by atoms with Crippen LogP contribution in [0.5, 0.6) is 0 Å². The second-order valence-electron chi connectivity index (χ2n) is 5.13. The fourth-order valence-corrected chi connectivity index (χ4v) is 3.90. The summed E-state index contributed by atoms with van der Waals surface area (Å²) in [5, 5.41) is 1.10. The van der Waals surface area contributed by atoms with Gasteiger partial charge in [0.1, 0.15) is 0 Å². The Morgan fingerprint density at radius 3 is 2.13 bits per heavy atom. The molecule has 0 atom stereocenters. The SMILES string of the molecule is CCOC(=O)C12CCC(CBr)(CC1)CC2. The molecule has 3 fully saturated rings. The molecule has 2 nitrogen and oxygen atoms in total. The summed E-state index contributed by atoms with van der Waals surface area (Å²) in [7, 11) is 0. The van der Waals surface area contributed by atoms with Gasteiger partial charge in [0.25, 0.3) is 0 Å². The number of ether oxygens (including phenoxy) is 1. The van der Waals surface area contributed by atoms with Gasteiger partial charge in [-0.15, -0.1) is 0 Å². The van der Waals surface area contributed by atoms with Gasteiger partial charge in [-0.25, -0.2) is 0 Å². The van der Waals surface area contributed by atoms with Crippen LogP contribution in [0.2, 0.25) is 0 Å². The Hall–Kier alpha value is -0.0500. The van der Waals surface area contributed by atoms with Crippen molar-refractivity contribution in [1.82, 2.24) is 0 Å². The van der Waals surface area contributed by atoms with Crippen LogP contribution >= 0.6 is 15.9 Å². The lowest BCUT2D eigenvalue weighted by molar-refractivity contribution is -0.164. The van der Waals surface area contributed by atoms with Crippen LogP contribution in [0.15, 0.2) is 0 Å². The van der Waals surface area contributed by atoms with E-state index in [9.17, 15) is 4.79 Å². The van der Waals surface area contributed by atoms with Crippen molar-refractivity contribution in [2.45, 2.75) is 45.4 Å². The summed E-state index contributed by atoms with van der Waals surface area (Å²) in [4.78, 5) is 11.9. The molecule has 0 aromatic rings. The van der Waals surface area contributed by atoms with Crippen LogP contribution in [0, 0.1) is 10.8 Å². The smallest absolute Gasteiger partial charge is 0.312 e. The van der Waals surface area contributed by atoms with Gasteiger partial charge in [0.15, 0.2) is 0 Å². The highest BCUT2D eigenvalue weighted by molar-refractivity contribution is 9.09. The maximum Gasteiger partial charge on any atom is 0.312 e. The lowest BCUT2D eigenvalue weighted by atomic mass is 9.54. The van der Waals surface area contributed by atoms with Crippen molar-refractivity contribution in [3.8, 4) is 0 Å². The van der Waals surface area contributed by atoms with Crippen LogP contribution in [-0.2, 0) is 9.53 Å². The molecule has 3 rings (SSSR count). The Balaban J connectivity index is 2.06. The number of hydrogen-bond donors (Lipinski definition) is 0. The van der Waals surface area contributed by atoms with Gasteiger partial charge < -0.3 is 4.74 Å². The van der Waals surface area contributed by atoms with Gasteiger partial charge in [-0.3, -0.25) is 4.79 Å². The van der Waals surface area contributed by atoms with E-state index in [1.165, 1.54) is 19.3 Å². The van der Waals surface area contributed by atoms with E-state index in [4.69, 9.17) is 4.74 Å². The molecule has 15 heavy (non-hydrogen) atoms. The van der Waals surface area contributed by atoms with Crippen molar-refractivity contribution in [1.29, 1.82) is 0 Å². The molecule has 0 unspecified atom stereocenters. The minimum absolute atomic E-state index is 0.0628. The van der Waals surface area contributed by atoms with Crippen LogP contribution in [0.4, 0.5) is 0 Å². The highest BCUT2D eigenvalue weighted by Crippen LogP contribution is 2.57. The first-order valence-electron chi connectivity index (χ1n) is 5.90. The van der Waals surface area contributed by atoms with E-state index in [1.807, 2.05) is 6.92 Å². The lowest BCUT2D eigenvalue weighted by Gasteiger charge is -2.51. The monoisotopic (exact) mass is 274 g/mol. The molecule has 0 aromatic carbocycles. The summed E-state index contributed by atoms with van der Waals surface area (Å²) in [5.74, 6) is 0.0628. The van der Waals surface area contributed by atoms with Gasteiger partial charge in [0.05, 0.1) is 12.0 Å². The Labute approximate surface area is 99.9 Å². The molecule has 0 spiro atoms. The van der Waals surface area contributed by atoms with Crippen LogP contribution < -0.4 is 0 Å². The number of carbonyl (C=O) groups excluding carboxylic acids is 1. The van der Waals surface area contributed by atoms with E-state index < -0.39 is 0 Å². The largest absolute Gasteiger partial charge is 0.466 e. The normalized spacial score (nSPS) is 39.1. The fourth-order valence-electron chi connectivity index (χ4n) is 3.05. The highest BCUT2D eigenvalue weighted by atomic mass is 79.9. The minimum Gasteiger partial charge on any atom is -0.466 e. The maximum absolute atomic E-state index is 11.9. The van der Waals surface area contributed by atoms with Crippen LogP contribution in [-0.4, -0.2) is 17.9 Å². The zero-order chi connectivity index (χ0) is 10.9. The molecule has 0 saturated heterocycles. The Bertz CT molecular complexity index is 238. The van der Waals surface area contributed by atoms with Gasteiger partial charge in [0.2, 0.25) is 0 Å². The lowest BCUT2D eigenvalue weighted by Crippen LogP contribution is -2.47. The third kappa shape index (κ3) is 1.83. The quantitative estimate of drug-likeness (QED) is 0.583. The number of fused-ring (bicyclic) bond motifs is 3. The molecule has 0 amide bonds. The number of esters is 1. The molecular weight excluding hydrogens is 256 g/mol. The average Bonchev–Trinajstić information content (AvgIpc) is 2.32. The topological polar surface area (TPSA) is 26.3 Å². The van der Waals surface area contributed by atoms with Gasteiger partial charge in [0, 0.05) is 5.33 Å². The third-order valence-electron chi connectivity index (χ3n) is 4.39. The van der Waals surface area contributed by atoms with Crippen LogP contribution in [0.25, 0.3) is 0 Å². The second-order valence-corrected chi connectivity index (χ2v) is 5.70. The summed E-state index contributed by atoms with van der Waals surface area (Å²) >= 11 is 3.62. The summed E-state index contributed by atoms with van der Waals surface area (Å²) < 4.78 is 5.22. The van der Waals surface area contributed by atoms with E-state index in [-0.39, 0.29) is 11.4 Å². The first-order valence-corrected chi connectivity index (χ1v) is 7.02. The number of halogens is 1. The first-order chi connectivity index (χ1) is 7.16. The van der Waals surface area contributed by atoms with E-state index >= 15 is 0 Å². The molecule has 86 valence electrons. The molecule has 0 N–H and O–H groups in total. The van der Waals surface area contributed by atoms with Gasteiger partial charge in [-0.1, -0.05) is 15.9 Å². The standard InChI is InChI=1S/C12H19BrO2/c1-2-15-10(14)12-6-3-11(9-13,4-7-12)5-8-12/h2-9H2,1H3. The van der Waals surface area contributed by atoms with Crippen molar-refractivity contribution in [3.63, 3.8) is 0 Å². The zero-order valence-electron chi connectivity index (χ0n) is 9.35. The summed E-state index contributed by atoms with van der Waals surface area (Å²) in [6.45, 7) is 2.41. The van der Waals surface area contributed by atoms with E-state index in [0.29, 0.717) is 12.0 Å². The summed E-state index contributed by atoms with van der Waals surface area (Å²) in [6, 6.07) is 0. The Morgan fingerprint density at radius 1 is 1.20 bits per heavy atom. The molecule has 3 heteroatoms. The van der Waals surface area contributed by atoms with Crippen molar-refractivity contribution in [2.75, 3.05) is 11.9 Å². The highest BCUT2D eigenvalue weighted by Gasteiger charge is 2.52. The molecule has 3 aliphatic carbocycles. The Kier molecular flexibility index (Phi) is 3.11. The maximum atomic E-state index is 11.9. The number of hydrogen-bond acceptors (Lipinski definition) is 2. The predicted octanol–water partition coefficient (Wildman–Crippen LogP) is 3.29. The zero-order valence-corrected chi connectivity index (χ0v) is 10.9. The molecule has 2 bridgehead atoms. The van der Waals surface area contributed by atoms with E-state index in [1.54, 1.807) is 0 Å². The van der Waals surface area contributed by atoms with Crippen molar-refractivity contribution in [3.05, 3.63) is 0 Å². The van der Waals surface area contributed by atoms with Gasteiger partial charge >= 0.3 is 5.97 Å². The summed E-state index contributed by atoms with van der Waals surface area (Å²) in [5.41, 5.74) is 0.383.